The zero-order chi connectivity index (χ0) is 24.2. The maximum atomic E-state index is 12.9. The second kappa shape index (κ2) is 9.77. The van der Waals surface area contributed by atoms with Crippen LogP contribution in [0.2, 0.25) is 0 Å². The Labute approximate surface area is 202 Å². The molecule has 0 aliphatic carbocycles. The van der Waals surface area contributed by atoms with Crippen molar-refractivity contribution in [3.05, 3.63) is 118 Å². The van der Waals surface area contributed by atoms with Crippen molar-refractivity contribution in [2.24, 2.45) is 0 Å². The van der Waals surface area contributed by atoms with Gasteiger partial charge in [-0.1, -0.05) is 72.3 Å². The number of carbonyl (C=O) groups is 1. The second-order valence-electron chi connectivity index (χ2n) is 8.47. The average molecular weight is 464 g/mol. The Morgan fingerprint density at radius 2 is 1.63 bits per heavy atom. The third-order valence-electron chi connectivity index (χ3n) is 5.96. The van der Waals surface area contributed by atoms with Gasteiger partial charge in [-0.05, 0) is 35.7 Å². The summed E-state index contributed by atoms with van der Waals surface area (Å²) in [6.07, 6.45) is 3.09. The summed E-state index contributed by atoms with van der Waals surface area (Å²) in [5.41, 5.74) is 5.34. The first-order valence-electron chi connectivity index (χ1n) is 11.5. The molecule has 0 aliphatic rings. The first kappa shape index (κ1) is 22.3. The van der Waals surface area contributed by atoms with E-state index in [4.69, 9.17) is 0 Å². The highest BCUT2D eigenvalue weighted by Gasteiger charge is 2.11. The minimum atomic E-state index is -0.158. The molecule has 2 heterocycles. The van der Waals surface area contributed by atoms with Crippen LogP contribution < -0.4 is 10.9 Å². The van der Waals surface area contributed by atoms with E-state index in [2.05, 4.69) is 15.4 Å². The van der Waals surface area contributed by atoms with Crippen molar-refractivity contribution in [1.29, 1.82) is 0 Å². The zero-order valence-electron chi connectivity index (χ0n) is 19.4. The van der Waals surface area contributed by atoms with Crippen LogP contribution in [0.3, 0.4) is 0 Å². The average Bonchev–Trinajstić information content (AvgIpc) is 3.31. The number of fused-ring (bicyclic) bond motifs is 1. The highest BCUT2D eigenvalue weighted by Crippen LogP contribution is 2.19. The van der Waals surface area contributed by atoms with E-state index >= 15 is 0 Å². The van der Waals surface area contributed by atoms with E-state index in [0.717, 1.165) is 16.7 Å². The minimum Gasteiger partial charge on any atom is -0.350 e. The summed E-state index contributed by atoms with van der Waals surface area (Å²) >= 11 is 0. The van der Waals surface area contributed by atoms with Gasteiger partial charge >= 0.3 is 0 Å². The fourth-order valence-electron chi connectivity index (χ4n) is 3.99. The predicted molar refractivity (Wildman–Crippen MR) is 136 cm³/mol. The van der Waals surface area contributed by atoms with Crippen LogP contribution in [-0.2, 0) is 13.1 Å². The van der Waals surface area contributed by atoms with E-state index in [1.807, 2.05) is 85.8 Å². The highest BCUT2D eigenvalue weighted by molar-refractivity contribution is 5.94. The molecule has 0 unspecified atom stereocenters. The van der Waals surface area contributed by atoms with Crippen LogP contribution in [0.15, 0.2) is 96.2 Å². The van der Waals surface area contributed by atoms with Crippen molar-refractivity contribution < 1.29 is 4.79 Å². The van der Waals surface area contributed by atoms with Gasteiger partial charge in [-0.3, -0.25) is 14.2 Å². The smallest absolute Gasteiger partial charge is 0.264 e. The largest absolute Gasteiger partial charge is 0.350 e. The fourth-order valence-corrected chi connectivity index (χ4v) is 3.99. The summed E-state index contributed by atoms with van der Waals surface area (Å²) in [6, 6.07) is 25.6. The molecule has 5 rings (SSSR count). The monoisotopic (exact) mass is 463 g/mol. The Balaban J connectivity index is 1.22. The number of carbonyl (C=O) groups excluding carboxylic acids is 1. The third kappa shape index (κ3) is 4.89. The van der Waals surface area contributed by atoms with Crippen molar-refractivity contribution in [3.8, 4) is 11.1 Å². The molecular formula is C28H25N5O2. The van der Waals surface area contributed by atoms with Gasteiger partial charge in [0.25, 0.3) is 11.5 Å². The number of benzene rings is 3. The van der Waals surface area contributed by atoms with Gasteiger partial charge in [0.2, 0.25) is 0 Å². The van der Waals surface area contributed by atoms with E-state index in [1.165, 1.54) is 5.56 Å². The predicted octanol–water partition coefficient (Wildman–Crippen LogP) is 4.05. The lowest BCUT2D eigenvalue weighted by molar-refractivity contribution is 0.0952. The summed E-state index contributed by atoms with van der Waals surface area (Å²) in [6.45, 7) is 3.25. The Kier molecular flexibility index (Phi) is 6.22. The lowest BCUT2D eigenvalue weighted by atomic mass is 10.0. The standard InChI is InChI=1S/C28H25N5O2/c1-20-7-9-21(10-8-20)18-32-19-30-26-25(28(32)35)17-31-33(26)16-15-29-27(34)24-13-11-23(12-14-24)22-5-3-2-4-6-22/h2-14,17,19H,15-16,18H2,1H3,(H,29,34). The molecule has 7 heteroatoms. The molecule has 7 nitrogen and oxygen atoms in total. The number of hydrogen-bond acceptors (Lipinski definition) is 4. The van der Waals surface area contributed by atoms with E-state index in [0.29, 0.717) is 36.2 Å². The third-order valence-corrected chi connectivity index (χ3v) is 5.96. The lowest BCUT2D eigenvalue weighted by Crippen LogP contribution is -2.27. The molecule has 5 aromatic rings. The van der Waals surface area contributed by atoms with Gasteiger partial charge in [0.05, 0.1) is 19.3 Å². The maximum absolute atomic E-state index is 12.9. The quantitative estimate of drug-likeness (QED) is 0.395. The SMILES string of the molecule is Cc1ccc(Cn2cnc3c(cnn3CCNC(=O)c3ccc(-c4ccccc4)cc3)c2=O)cc1. The van der Waals surface area contributed by atoms with Crippen LogP contribution in [0, 0.1) is 6.92 Å². The molecule has 0 aliphatic heterocycles. The van der Waals surface area contributed by atoms with Gasteiger partial charge in [0, 0.05) is 12.1 Å². The number of hydrogen-bond donors (Lipinski definition) is 1. The van der Waals surface area contributed by atoms with Crippen molar-refractivity contribution in [2.75, 3.05) is 6.54 Å². The van der Waals surface area contributed by atoms with Crippen molar-refractivity contribution in [1.82, 2.24) is 24.6 Å². The molecule has 35 heavy (non-hydrogen) atoms. The van der Waals surface area contributed by atoms with Crippen molar-refractivity contribution >= 4 is 16.9 Å². The van der Waals surface area contributed by atoms with E-state index in [-0.39, 0.29) is 11.5 Å². The van der Waals surface area contributed by atoms with Gasteiger partial charge in [-0.25, -0.2) is 9.67 Å². The van der Waals surface area contributed by atoms with Crippen LogP contribution in [0.1, 0.15) is 21.5 Å². The molecule has 0 fully saturated rings. The summed E-state index contributed by atoms with van der Waals surface area (Å²) in [7, 11) is 0. The molecule has 0 saturated carbocycles. The summed E-state index contributed by atoms with van der Waals surface area (Å²) in [5.74, 6) is -0.158. The van der Waals surface area contributed by atoms with Crippen LogP contribution in [0.25, 0.3) is 22.2 Å². The van der Waals surface area contributed by atoms with E-state index in [9.17, 15) is 9.59 Å². The topological polar surface area (TPSA) is 81.8 Å². The zero-order valence-corrected chi connectivity index (χ0v) is 19.4. The molecule has 0 saturated heterocycles. The van der Waals surface area contributed by atoms with Crippen molar-refractivity contribution in [3.63, 3.8) is 0 Å². The minimum absolute atomic E-state index is 0.135. The Hall–Kier alpha value is -4.52. The second-order valence-corrected chi connectivity index (χ2v) is 8.47. The fraction of sp³-hybridized carbons (Fsp3) is 0.143. The maximum Gasteiger partial charge on any atom is 0.264 e. The van der Waals surface area contributed by atoms with Gasteiger partial charge in [0.15, 0.2) is 5.65 Å². The Bertz CT molecular complexity index is 1520. The first-order valence-corrected chi connectivity index (χ1v) is 11.5. The van der Waals surface area contributed by atoms with Crippen molar-refractivity contribution in [2.45, 2.75) is 20.0 Å². The van der Waals surface area contributed by atoms with Crippen LogP contribution in [-0.4, -0.2) is 31.8 Å². The van der Waals surface area contributed by atoms with Crippen LogP contribution in [0.5, 0.6) is 0 Å². The normalized spacial score (nSPS) is 11.0. The molecule has 0 bridgehead atoms. The lowest BCUT2D eigenvalue weighted by Gasteiger charge is -2.08. The number of rotatable bonds is 7. The van der Waals surface area contributed by atoms with Crippen LogP contribution in [0.4, 0.5) is 0 Å². The number of aromatic nitrogens is 4. The number of amides is 1. The highest BCUT2D eigenvalue weighted by atomic mass is 16.1. The van der Waals surface area contributed by atoms with Gasteiger partial charge in [0.1, 0.15) is 11.7 Å². The molecule has 0 atom stereocenters. The summed E-state index contributed by atoms with van der Waals surface area (Å²) in [4.78, 5) is 29.9. The molecule has 0 spiro atoms. The molecular weight excluding hydrogens is 438 g/mol. The molecule has 3 aromatic carbocycles. The molecule has 0 radical (unpaired) electrons. The summed E-state index contributed by atoms with van der Waals surface area (Å²) in [5, 5.41) is 7.69. The number of aryl methyl sites for hydroxylation is 1. The number of nitrogens with one attached hydrogen (secondary N) is 1. The van der Waals surface area contributed by atoms with E-state index < -0.39 is 0 Å². The van der Waals surface area contributed by atoms with Gasteiger partial charge in [-0.15, -0.1) is 0 Å². The van der Waals surface area contributed by atoms with E-state index in [1.54, 1.807) is 21.8 Å². The molecule has 1 amide bonds. The first-order chi connectivity index (χ1) is 17.1. The Morgan fingerprint density at radius 3 is 2.37 bits per heavy atom. The van der Waals surface area contributed by atoms with Gasteiger partial charge < -0.3 is 5.32 Å². The molecule has 1 N–H and O–H groups in total. The van der Waals surface area contributed by atoms with Gasteiger partial charge in [-0.2, -0.15) is 5.10 Å². The summed E-state index contributed by atoms with van der Waals surface area (Å²) < 4.78 is 3.23. The van der Waals surface area contributed by atoms with Crippen LogP contribution >= 0.6 is 0 Å². The number of nitrogens with zero attached hydrogens (tertiary/aromatic N) is 4. The molecule has 2 aromatic heterocycles. The molecule has 174 valence electrons. The Morgan fingerprint density at radius 1 is 0.914 bits per heavy atom.